The molecule has 2 nitrogen and oxygen atoms in total. The van der Waals surface area contributed by atoms with Crippen LogP contribution in [0.3, 0.4) is 0 Å². The Morgan fingerprint density at radius 3 is 2.44 bits per heavy atom. The Morgan fingerprint density at radius 1 is 1.44 bits per heavy atom. The third-order valence-corrected chi connectivity index (χ3v) is 1.58. The van der Waals surface area contributed by atoms with Crippen molar-refractivity contribution < 1.29 is 9.47 Å². The SMILES string of the molecule is C[C@@H]1CC(C)(C)OCO1. The molecule has 0 aromatic rings. The largest absolute Gasteiger partial charge is 0.352 e. The molecule has 1 aliphatic rings. The molecule has 1 rings (SSSR count). The Bertz CT molecular complexity index is 99.1. The minimum absolute atomic E-state index is 0.0255. The lowest BCUT2D eigenvalue weighted by Crippen LogP contribution is -2.36. The Hall–Kier alpha value is -0.0800. The maximum Gasteiger partial charge on any atom is 0.147 e. The first kappa shape index (κ1) is 7.03. The smallest absolute Gasteiger partial charge is 0.147 e. The standard InChI is InChI=1S/C7H14O2/c1-6-4-7(2,3)9-5-8-6/h6H,4-5H2,1-3H3/t6-/m1/s1. The summed E-state index contributed by atoms with van der Waals surface area (Å²) >= 11 is 0. The molecule has 1 aliphatic heterocycles. The van der Waals surface area contributed by atoms with Gasteiger partial charge in [0.25, 0.3) is 0 Å². The van der Waals surface area contributed by atoms with Gasteiger partial charge in [-0.1, -0.05) is 0 Å². The van der Waals surface area contributed by atoms with Crippen molar-refractivity contribution in [2.24, 2.45) is 0 Å². The van der Waals surface area contributed by atoms with Crippen molar-refractivity contribution in [2.75, 3.05) is 6.79 Å². The van der Waals surface area contributed by atoms with E-state index in [9.17, 15) is 0 Å². The van der Waals surface area contributed by atoms with Gasteiger partial charge in [-0.2, -0.15) is 0 Å². The molecule has 1 saturated heterocycles. The normalized spacial score (nSPS) is 34.3. The molecule has 2 heteroatoms. The molecule has 1 fully saturated rings. The van der Waals surface area contributed by atoms with E-state index in [0.717, 1.165) is 6.42 Å². The molecule has 0 radical (unpaired) electrons. The maximum atomic E-state index is 5.31. The van der Waals surface area contributed by atoms with Gasteiger partial charge >= 0.3 is 0 Å². The summed E-state index contributed by atoms with van der Waals surface area (Å²) in [6.45, 7) is 6.70. The summed E-state index contributed by atoms with van der Waals surface area (Å²) < 4.78 is 10.5. The summed E-state index contributed by atoms with van der Waals surface area (Å²) in [7, 11) is 0. The van der Waals surface area contributed by atoms with Crippen LogP contribution >= 0.6 is 0 Å². The van der Waals surface area contributed by atoms with Gasteiger partial charge < -0.3 is 9.47 Å². The van der Waals surface area contributed by atoms with Gasteiger partial charge in [-0.25, -0.2) is 0 Å². The average Bonchev–Trinajstić information content (AvgIpc) is 1.60. The maximum absolute atomic E-state index is 5.31. The number of hydrogen-bond acceptors (Lipinski definition) is 2. The molecule has 0 bridgehead atoms. The summed E-state index contributed by atoms with van der Waals surface area (Å²) in [5.41, 5.74) is 0.0255. The van der Waals surface area contributed by atoms with Gasteiger partial charge in [0.05, 0.1) is 11.7 Å². The zero-order valence-electron chi connectivity index (χ0n) is 6.31. The molecular formula is C7H14O2. The zero-order valence-corrected chi connectivity index (χ0v) is 6.31. The molecule has 0 aromatic carbocycles. The van der Waals surface area contributed by atoms with Gasteiger partial charge in [-0.15, -0.1) is 0 Å². The van der Waals surface area contributed by atoms with E-state index in [4.69, 9.17) is 9.47 Å². The molecule has 0 spiro atoms. The van der Waals surface area contributed by atoms with Crippen LogP contribution < -0.4 is 0 Å². The fraction of sp³-hybridized carbons (Fsp3) is 1.00. The van der Waals surface area contributed by atoms with Crippen LogP contribution in [0.4, 0.5) is 0 Å². The van der Waals surface area contributed by atoms with Gasteiger partial charge in [0.2, 0.25) is 0 Å². The van der Waals surface area contributed by atoms with Crippen LogP contribution in [-0.4, -0.2) is 18.5 Å². The molecule has 0 amide bonds. The van der Waals surface area contributed by atoms with E-state index in [2.05, 4.69) is 20.8 Å². The predicted molar refractivity (Wildman–Crippen MR) is 35.2 cm³/mol. The predicted octanol–water partition coefficient (Wildman–Crippen LogP) is 1.55. The fourth-order valence-corrected chi connectivity index (χ4v) is 1.12. The van der Waals surface area contributed by atoms with Crippen LogP contribution in [0.15, 0.2) is 0 Å². The molecule has 1 atom stereocenters. The fourth-order valence-electron chi connectivity index (χ4n) is 1.12. The van der Waals surface area contributed by atoms with Crippen LogP contribution in [0, 0.1) is 0 Å². The van der Waals surface area contributed by atoms with Crippen molar-refractivity contribution in [1.29, 1.82) is 0 Å². The Balaban J connectivity index is 2.41. The van der Waals surface area contributed by atoms with E-state index in [0.29, 0.717) is 12.9 Å². The van der Waals surface area contributed by atoms with E-state index in [1.165, 1.54) is 0 Å². The number of hydrogen-bond donors (Lipinski definition) is 0. The topological polar surface area (TPSA) is 18.5 Å². The van der Waals surface area contributed by atoms with E-state index in [-0.39, 0.29) is 5.60 Å². The first-order chi connectivity index (χ1) is 4.10. The van der Waals surface area contributed by atoms with E-state index < -0.39 is 0 Å². The molecule has 0 aliphatic carbocycles. The second-order valence-corrected chi connectivity index (χ2v) is 3.20. The molecule has 0 unspecified atom stereocenters. The minimum Gasteiger partial charge on any atom is -0.352 e. The highest BCUT2D eigenvalue weighted by Crippen LogP contribution is 2.22. The molecular weight excluding hydrogens is 116 g/mol. The molecule has 0 aromatic heterocycles. The van der Waals surface area contributed by atoms with Crippen molar-refractivity contribution in [1.82, 2.24) is 0 Å². The number of rotatable bonds is 0. The summed E-state index contributed by atoms with van der Waals surface area (Å²) in [5.74, 6) is 0. The highest BCUT2D eigenvalue weighted by molar-refractivity contribution is 4.73. The van der Waals surface area contributed by atoms with Gasteiger partial charge in [0, 0.05) is 6.42 Å². The first-order valence-corrected chi connectivity index (χ1v) is 3.36. The van der Waals surface area contributed by atoms with Gasteiger partial charge in [-0.3, -0.25) is 0 Å². The summed E-state index contributed by atoms with van der Waals surface area (Å²) in [4.78, 5) is 0. The average molecular weight is 130 g/mol. The van der Waals surface area contributed by atoms with Crippen LogP contribution in [-0.2, 0) is 9.47 Å². The van der Waals surface area contributed by atoms with Gasteiger partial charge in [-0.05, 0) is 20.8 Å². The lowest BCUT2D eigenvalue weighted by Gasteiger charge is -2.33. The Labute approximate surface area is 56.2 Å². The highest BCUT2D eigenvalue weighted by Gasteiger charge is 2.26. The van der Waals surface area contributed by atoms with Crippen molar-refractivity contribution in [2.45, 2.75) is 38.9 Å². The van der Waals surface area contributed by atoms with Crippen molar-refractivity contribution in [3.63, 3.8) is 0 Å². The first-order valence-electron chi connectivity index (χ1n) is 3.36. The third-order valence-electron chi connectivity index (χ3n) is 1.58. The van der Waals surface area contributed by atoms with E-state index >= 15 is 0 Å². The molecule has 0 saturated carbocycles. The second kappa shape index (κ2) is 2.27. The van der Waals surface area contributed by atoms with E-state index in [1.807, 2.05) is 0 Å². The minimum atomic E-state index is 0.0255. The molecule has 0 N–H and O–H groups in total. The Morgan fingerprint density at radius 2 is 2.11 bits per heavy atom. The lowest BCUT2D eigenvalue weighted by molar-refractivity contribution is -0.205. The van der Waals surface area contributed by atoms with Crippen molar-refractivity contribution in [3.05, 3.63) is 0 Å². The number of ether oxygens (including phenoxy) is 2. The molecule has 1 heterocycles. The highest BCUT2D eigenvalue weighted by atomic mass is 16.7. The second-order valence-electron chi connectivity index (χ2n) is 3.20. The zero-order chi connectivity index (χ0) is 6.91. The quantitative estimate of drug-likeness (QED) is 0.495. The van der Waals surface area contributed by atoms with Gasteiger partial charge in [0.15, 0.2) is 0 Å². The van der Waals surface area contributed by atoms with Crippen molar-refractivity contribution in [3.8, 4) is 0 Å². The van der Waals surface area contributed by atoms with Crippen LogP contribution in [0.5, 0.6) is 0 Å². The monoisotopic (exact) mass is 130 g/mol. The van der Waals surface area contributed by atoms with Crippen LogP contribution in [0.2, 0.25) is 0 Å². The third kappa shape index (κ3) is 1.95. The van der Waals surface area contributed by atoms with E-state index in [1.54, 1.807) is 0 Å². The Kier molecular flexibility index (Phi) is 1.78. The lowest BCUT2D eigenvalue weighted by atomic mass is 10.0. The molecule has 54 valence electrons. The summed E-state index contributed by atoms with van der Waals surface area (Å²) in [6, 6.07) is 0. The summed E-state index contributed by atoms with van der Waals surface area (Å²) in [5, 5.41) is 0. The van der Waals surface area contributed by atoms with Crippen LogP contribution in [0.25, 0.3) is 0 Å². The van der Waals surface area contributed by atoms with Crippen LogP contribution in [0.1, 0.15) is 27.2 Å². The van der Waals surface area contributed by atoms with Crippen molar-refractivity contribution >= 4 is 0 Å². The molecule has 9 heavy (non-hydrogen) atoms. The van der Waals surface area contributed by atoms with Gasteiger partial charge in [0.1, 0.15) is 6.79 Å². The summed E-state index contributed by atoms with van der Waals surface area (Å²) in [6.07, 6.45) is 1.35.